The van der Waals surface area contributed by atoms with Gasteiger partial charge >= 0.3 is 0 Å². The first-order valence-corrected chi connectivity index (χ1v) is 13.2. The number of rotatable bonds is 6. The first kappa shape index (κ1) is 26.1. The minimum absolute atomic E-state index is 0.150. The summed E-state index contributed by atoms with van der Waals surface area (Å²) in [6.45, 7) is 6.29. The van der Waals surface area contributed by atoms with Gasteiger partial charge in [-0.05, 0) is 80.4 Å². The molecule has 0 radical (unpaired) electrons. The van der Waals surface area contributed by atoms with Crippen LogP contribution in [0.1, 0.15) is 23.6 Å². The van der Waals surface area contributed by atoms with Crippen molar-refractivity contribution in [2.45, 2.75) is 20.8 Å². The number of nitrogens with one attached hydrogen (secondary N) is 1. The first-order valence-electron chi connectivity index (χ1n) is 11.6. The van der Waals surface area contributed by atoms with Crippen LogP contribution in [0, 0.1) is 25.2 Å². The number of nitriles is 1. The minimum atomic E-state index is -0.583. The highest BCUT2D eigenvalue weighted by molar-refractivity contribution is 9.10. The van der Waals surface area contributed by atoms with Crippen molar-refractivity contribution in [3.63, 3.8) is 0 Å². The van der Waals surface area contributed by atoms with Gasteiger partial charge in [0.1, 0.15) is 16.5 Å². The fourth-order valence-electron chi connectivity index (χ4n) is 3.73. The zero-order valence-electron chi connectivity index (χ0n) is 20.5. The molecule has 3 aromatic carbocycles. The summed E-state index contributed by atoms with van der Waals surface area (Å²) in [7, 11) is 0. The molecule has 4 aromatic rings. The van der Waals surface area contributed by atoms with Crippen LogP contribution in [0.4, 0.5) is 5.69 Å². The predicted octanol–water partition coefficient (Wildman–Crippen LogP) is 4.82. The quantitative estimate of drug-likeness (QED) is 0.358. The van der Waals surface area contributed by atoms with Crippen molar-refractivity contribution in [2.75, 3.05) is 11.9 Å². The molecule has 8 heteroatoms. The molecule has 186 valence electrons. The summed E-state index contributed by atoms with van der Waals surface area (Å²) < 4.78 is 8.60. The summed E-state index contributed by atoms with van der Waals surface area (Å²) in [5.74, 6) is 0.0453. The molecular weight excluding hydrogens is 550 g/mol. The van der Waals surface area contributed by atoms with E-state index in [1.54, 1.807) is 36.4 Å². The van der Waals surface area contributed by atoms with E-state index >= 15 is 0 Å². The lowest BCUT2D eigenvalue weighted by Crippen LogP contribution is -2.32. The van der Waals surface area contributed by atoms with Crippen LogP contribution in [-0.4, -0.2) is 17.1 Å². The van der Waals surface area contributed by atoms with Gasteiger partial charge in [0.15, 0.2) is 5.57 Å². The molecule has 1 N–H and O–H groups in total. The number of benzene rings is 3. The number of aromatic nitrogens is 1. The molecule has 0 unspecified atom stereocenters. The largest absolute Gasteiger partial charge is 0.493 e. The molecule has 0 fully saturated rings. The molecule has 6 nitrogen and oxygen atoms in total. The standard InChI is InChI=1S/C29H24BrN3O3S/c1-4-36-25-13-11-21(30)15-20(25)16-26-28(35)33(23-8-6-5-7-9-23)29(37-26)24(17-31)27(34)32-22-12-10-18(2)19(3)14-22/h5-16H,4H2,1-3H3,(H,32,34)/b26-16+,29-24+. The van der Waals surface area contributed by atoms with Gasteiger partial charge in [0.2, 0.25) is 0 Å². The van der Waals surface area contributed by atoms with Gasteiger partial charge in [0.05, 0.1) is 16.8 Å². The highest BCUT2D eigenvalue weighted by Crippen LogP contribution is 2.24. The summed E-state index contributed by atoms with van der Waals surface area (Å²) in [5, 5.41) is 12.9. The zero-order valence-corrected chi connectivity index (χ0v) is 22.9. The maximum atomic E-state index is 13.7. The summed E-state index contributed by atoms with van der Waals surface area (Å²) in [5.41, 5.74) is 3.48. The van der Waals surface area contributed by atoms with Crippen LogP contribution in [0.2, 0.25) is 0 Å². The number of carbonyl (C=O) groups excluding carboxylic acids is 1. The Morgan fingerprint density at radius 1 is 1.11 bits per heavy atom. The fourth-order valence-corrected chi connectivity index (χ4v) is 5.20. The molecule has 0 atom stereocenters. The Morgan fingerprint density at radius 2 is 1.86 bits per heavy atom. The monoisotopic (exact) mass is 573 g/mol. The van der Waals surface area contributed by atoms with E-state index in [2.05, 4.69) is 21.2 Å². The number of hydrogen-bond acceptors (Lipinski definition) is 5. The van der Waals surface area contributed by atoms with Gasteiger partial charge < -0.3 is 10.1 Å². The van der Waals surface area contributed by atoms with Gasteiger partial charge in [-0.3, -0.25) is 14.2 Å². The normalized spacial score (nSPS) is 12.1. The van der Waals surface area contributed by atoms with Gasteiger partial charge in [-0.1, -0.05) is 40.2 Å². The van der Waals surface area contributed by atoms with Crippen molar-refractivity contribution in [1.82, 2.24) is 4.57 Å². The molecule has 0 bridgehead atoms. The second-order valence-corrected chi connectivity index (χ2v) is 10.2. The van der Waals surface area contributed by atoms with Gasteiger partial charge in [0, 0.05) is 15.7 Å². The van der Waals surface area contributed by atoms with Crippen LogP contribution in [0.5, 0.6) is 5.75 Å². The average molecular weight is 575 g/mol. The van der Waals surface area contributed by atoms with Crippen LogP contribution in [0.3, 0.4) is 0 Å². The molecule has 1 amide bonds. The van der Waals surface area contributed by atoms with E-state index in [1.165, 1.54) is 4.57 Å². The van der Waals surface area contributed by atoms with E-state index in [-0.39, 0.29) is 15.8 Å². The second-order valence-electron chi connectivity index (χ2n) is 8.25. The number of aryl methyl sites for hydroxylation is 2. The Kier molecular flexibility index (Phi) is 8.07. The van der Waals surface area contributed by atoms with E-state index in [0.29, 0.717) is 33.8 Å². The summed E-state index contributed by atoms with van der Waals surface area (Å²) >= 11 is 4.56. The van der Waals surface area contributed by atoms with E-state index in [0.717, 1.165) is 26.9 Å². The van der Waals surface area contributed by atoms with Crippen LogP contribution < -0.4 is 24.8 Å². The Balaban J connectivity index is 1.96. The SMILES string of the molecule is CCOc1ccc(Br)cc1/C=c1/s/c(=C(\C#N)C(=O)Nc2ccc(C)c(C)c2)n(-c2ccccc2)c1=O. The topological polar surface area (TPSA) is 84.1 Å². The highest BCUT2D eigenvalue weighted by atomic mass is 79.9. The fraction of sp³-hybridized carbons (Fsp3) is 0.138. The van der Waals surface area contributed by atoms with Gasteiger partial charge in [-0.25, -0.2) is 0 Å². The third kappa shape index (κ3) is 5.74. The Morgan fingerprint density at radius 3 is 2.54 bits per heavy atom. The molecule has 1 aromatic heterocycles. The van der Waals surface area contributed by atoms with Crippen molar-refractivity contribution < 1.29 is 9.53 Å². The van der Waals surface area contributed by atoms with E-state index in [9.17, 15) is 14.9 Å². The molecule has 0 aliphatic rings. The molecular formula is C29H24BrN3O3S. The lowest BCUT2D eigenvalue weighted by atomic mass is 10.1. The number of halogens is 1. The molecule has 0 aliphatic carbocycles. The number of nitrogens with zero attached hydrogens (tertiary/aromatic N) is 2. The first-order chi connectivity index (χ1) is 17.8. The van der Waals surface area contributed by atoms with E-state index < -0.39 is 5.91 Å². The predicted molar refractivity (Wildman–Crippen MR) is 152 cm³/mol. The second kappa shape index (κ2) is 11.4. The molecule has 0 aliphatic heterocycles. The van der Waals surface area contributed by atoms with Gasteiger partial charge in [-0.2, -0.15) is 5.26 Å². The average Bonchev–Trinajstić information content (AvgIpc) is 3.19. The number of ether oxygens (including phenoxy) is 1. The van der Waals surface area contributed by atoms with Crippen molar-refractivity contribution in [3.05, 3.63) is 107 Å². The lowest BCUT2D eigenvalue weighted by molar-refractivity contribution is -0.111. The smallest absolute Gasteiger partial charge is 0.273 e. The summed E-state index contributed by atoms with van der Waals surface area (Å²) in [6.07, 6.45) is 1.72. The van der Waals surface area contributed by atoms with E-state index in [4.69, 9.17) is 4.74 Å². The number of amides is 1. The molecule has 4 rings (SSSR count). The number of hydrogen-bond donors (Lipinski definition) is 1. The molecule has 1 heterocycles. The van der Waals surface area contributed by atoms with E-state index in [1.807, 2.05) is 63.2 Å². The van der Waals surface area contributed by atoms with Crippen LogP contribution >= 0.6 is 27.3 Å². The highest BCUT2D eigenvalue weighted by Gasteiger charge is 2.18. The lowest BCUT2D eigenvalue weighted by Gasteiger charge is -2.07. The van der Waals surface area contributed by atoms with Crippen molar-refractivity contribution in [3.8, 4) is 17.5 Å². The van der Waals surface area contributed by atoms with Crippen LogP contribution in [-0.2, 0) is 4.79 Å². The third-order valence-corrected chi connectivity index (χ3v) is 7.30. The number of carbonyl (C=O) groups is 1. The number of para-hydroxylation sites is 1. The molecule has 0 spiro atoms. The number of anilines is 1. The Bertz CT molecular complexity index is 1700. The minimum Gasteiger partial charge on any atom is -0.493 e. The summed E-state index contributed by atoms with van der Waals surface area (Å²) in [4.78, 5) is 26.9. The van der Waals surface area contributed by atoms with Gasteiger partial charge in [0.25, 0.3) is 11.5 Å². The zero-order chi connectivity index (χ0) is 26.5. The van der Waals surface area contributed by atoms with Crippen molar-refractivity contribution in [2.24, 2.45) is 0 Å². The maximum absolute atomic E-state index is 13.7. The Labute approximate surface area is 226 Å². The maximum Gasteiger partial charge on any atom is 0.273 e. The third-order valence-electron chi connectivity index (χ3n) is 5.71. The van der Waals surface area contributed by atoms with Crippen LogP contribution in [0.25, 0.3) is 17.3 Å². The van der Waals surface area contributed by atoms with Crippen molar-refractivity contribution >= 4 is 50.5 Å². The molecule has 0 saturated heterocycles. The van der Waals surface area contributed by atoms with Gasteiger partial charge in [-0.15, -0.1) is 11.3 Å². The number of thiazole rings is 1. The van der Waals surface area contributed by atoms with Crippen molar-refractivity contribution in [1.29, 1.82) is 5.26 Å². The molecule has 0 saturated carbocycles. The summed E-state index contributed by atoms with van der Waals surface area (Å²) in [6, 6.07) is 22.1. The van der Waals surface area contributed by atoms with Crippen LogP contribution in [0.15, 0.2) is 76.0 Å². The Hall–Kier alpha value is -3.93. The molecule has 37 heavy (non-hydrogen) atoms.